The van der Waals surface area contributed by atoms with Crippen LogP contribution >= 0.6 is 11.6 Å². The number of likely N-dealkylation sites (N-methyl/N-ethyl adjacent to an activating group) is 1. The number of carbonyl (C=O) groups excluding carboxylic acids is 1. The van der Waals surface area contributed by atoms with Crippen molar-refractivity contribution in [3.05, 3.63) is 22.2 Å². The molecule has 4 heterocycles. The Morgan fingerprint density at radius 3 is 2.62 bits per heavy atom. The Bertz CT molecular complexity index is 1260. The Morgan fingerprint density at radius 2 is 2.00 bits per heavy atom. The van der Waals surface area contributed by atoms with Crippen LogP contribution in [0.3, 0.4) is 0 Å². The minimum absolute atomic E-state index is 0.111. The van der Waals surface area contributed by atoms with Crippen LogP contribution in [-0.2, 0) is 11.2 Å². The molecule has 1 amide bonds. The van der Waals surface area contributed by atoms with E-state index in [-0.39, 0.29) is 30.0 Å². The third-order valence-electron chi connectivity index (χ3n) is 6.83. The predicted molar refractivity (Wildman–Crippen MR) is 140 cm³/mol. The monoisotopic (exact) mass is 532 g/mol. The predicted octanol–water partition coefficient (Wildman–Crippen LogP) is 4.32. The van der Waals surface area contributed by atoms with Gasteiger partial charge in [0, 0.05) is 37.1 Å². The molecule has 9 nitrogen and oxygen atoms in total. The molecule has 0 radical (unpaired) electrons. The Hall–Kier alpha value is -2.90. The van der Waals surface area contributed by atoms with E-state index < -0.39 is 29.7 Å². The molecule has 3 unspecified atom stereocenters. The number of carbonyl (C=O) groups is 1. The number of aromatic nitrogens is 2. The molecule has 4 rings (SSSR count). The second-order valence-electron chi connectivity index (χ2n) is 11.0. The number of amides is 1. The lowest BCUT2D eigenvalue weighted by Gasteiger charge is -2.47. The third kappa shape index (κ3) is 5.25. The van der Waals surface area contributed by atoms with Crippen molar-refractivity contribution < 1.29 is 18.7 Å². The van der Waals surface area contributed by atoms with Gasteiger partial charge in [0.1, 0.15) is 17.5 Å². The molecule has 0 aliphatic carbocycles. The van der Waals surface area contributed by atoms with Gasteiger partial charge in [-0.2, -0.15) is 10.2 Å². The zero-order valence-electron chi connectivity index (χ0n) is 22.4. The molecule has 2 aliphatic heterocycles. The summed E-state index contributed by atoms with van der Waals surface area (Å²) in [7, 11) is 3.94. The lowest BCUT2D eigenvalue weighted by Crippen LogP contribution is -2.63. The number of piperazine rings is 1. The Balaban J connectivity index is 1.88. The van der Waals surface area contributed by atoms with Gasteiger partial charge in [-0.3, -0.25) is 0 Å². The van der Waals surface area contributed by atoms with Crippen molar-refractivity contribution in [3.63, 3.8) is 0 Å². The van der Waals surface area contributed by atoms with Crippen LogP contribution in [0.15, 0.2) is 0 Å². The molecule has 0 bridgehead atoms. The summed E-state index contributed by atoms with van der Waals surface area (Å²) in [6.45, 7) is 10.4. The van der Waals surface area contributed by atoms with Crippen molar-refractivity contribution in [2.45, 2.75) is 71.2 Å². The quantitative estimate of drug-likeness (QED) is 0.537. The fraction of sp³-hybridized carbons (Fsp3) is 0.615. The van der Waals surface area contributed by atoms with Crippen molar-refractivity contribution >= 4 is 34.3 Å². The Morgan fingerprint density at radius 1 is 1.30 bits per heavy atom. The summed E-state index contributed by atoms with van der Waals surface area (Å²) in [5.41, 5.74) is 0.764. The standard InChI is InChI=1S/C26H34ClFN6O3/c1-14-17(9-11-32(6)7)30-23-20-19(14)21(28)22(27)31-24(20)36-15(2)18-13-33(25(35)37-26(3,4)5)16(8-10-29)12-34(18)23/h15-16,18H,8-9,11-13H2,1-7H3. The normalized spacial score (nSPS) is 21.4. The topological polar surface area (TPSA) is 94.8 Å². The summed E-state index contributed by atoms with van der Waals surface area (Å²) in [6, 6.07) is 1.42. The first kappa shape index (κ1) is 27.1. The number of rotatable bonds is 4. The first-order chi connectivity index (χ1) is 17.3. The second-order valence-corrected chi connectivity index (χ2v) is 11.4. The van der Waals surface area contributed by atoms with E-state index in [1.165, 1.54) is 0 Å². The van der Waals surface area contributed by atoms with E-state index >= 15 is 4.39 Å². The van der Waals surface area contributed by atoms with Gasteiger partial charge in [0.2, 0.25) is 5.88 Å². The van der Waals surface area contributed by atoms with Gasteiger partial charge in [0.05, 0.1) is 30.0 Å². The van der Waals surface area contributed by atoms with E-state index in [1.54, 1.807) is 25.7 Å². The van der Waals surface area contributed by atoms with E-state index in [1.807, 2.05) is 37.7 Å². The van der Waals surface area contributed by atoms with Crippen LogP contribution in [0, 0.1) is 24.1 Å². The number of pyridine rings is 2. The maximum absolute atomic E-state index is 15.5. The molecule has 0 N–H and O–H groups in total. The number of nitrogens with zero attached hydrogens (tertiary/aromatic N) is 6. The van der Waals surface area contributed by atoms with Gasteiger partial charge >= 0.3 is 6.09 Å². The minimum Gasteiger partial charge on any atom is -0.472 e. The lowest BCUT2D eigenvalue weighted by molar-refractivity contribution is 0.00601. The first-order valence-corrected chi connectivity index (χ1v) is 12.8. The highest BCUT2D eigenvalue weighted by atomic mass is 35.5. The largest absolute Gasteiger partial charge is 0.472 e. The van der Waals surface area contributed by atoms with Gasteiger partial charge in [-0.1, -0.05) is 11.6 Å². The number of fused-ring (bicyclic) bond motifs is 2. The van der Waals surface area contributed by atoms with Crippen LogP contribution in [0.1, 0.15) is 45.4 Å². The SMILES string of the molecule is Cc1c(CCN(C)C)nc2c3c(nc(Cl)c(F)c13)OC(C)C1CN(C(=O)OC(C)(C)C)C(CC#N)CN21. The molecule has 2 aromatic heterocycles. The van der Waals surface area contributed by atoms with Gasteiger partial charge in [-0.05, 0) is 54.3 Å². The smallest absolute Gasteiger partial charge is 0.410 e. The summed E-state index contributed by atoms with van der Waals surface area (Å²) in [4.78, 5) is 28.1. The van der Waals surface area contributed by atoms with Gasteiger partial charge < -0.3 is 24.2 Å². The molecule has 37 heavy (non-hydrogen) atoms. The fourth-order valence-electron chi connectivity index (χ4n) is 4.99. The molecule has 200 valence electrons. The number of ether oxygens (including phenoxy) is 2. The van der Waals surface area contributed by atoms with Gasteiger partial charge in [-0.15, -0.1) is 0 Å². The van der Waals surface area contributed by atoms with Crippen molar-refractivity contribution in [2.24, 2.45) is 0 Å². The molecule has 0 saturated carbocycles. The average Bonchev–Trinajstić information content (AvgIpc) is 2.90. The van der Waals surface area contributed by atoms with Crippen molar-refractivity contribution in [1.29, 1.82) is 5.26 Å². The molecule has 1 fully saturated rings. The molecule has 0 spiro atoms. The lowest BCUT2D eigenvalue weighted by atomic mass is 9.99. The number of aryl methyl sites for hydroxylation is 1. The summed E-state index contributed by atoms with van der Waals surface area (Å²) >= 11 is 6.23. The highest BCUT2D eigenvalue weighted by Crippen LogP contribution is 2.43. The zero-order valence-corrected chi connectivity index (χ0v) is 23.2. The van der Waals surface area contributed by atoms with Crippen LogP contribution in [-0.4, -0.2) is 83.4 Å². The van der Waals surface area contributed by atoms with Crippen LogP contribution in [0.25, 0.3) is 10.8 Å². The number of halogens is 2. The highest BCUT2D eigenvalue weighted by Gasteiger charge is 2.44. The van der Waals surface area contributed by atoms with Crippen molar-refractivity contribution in [2.75, 3.05) is 38.6 Å². The van der Waals surface area contributed by atoms with E-state index in [0.29, 0.717) is 35.1 Å². The molecule has 2 aliphatic rings. The first-order valence-electron chi connectivity index (χ1n) is 12.4. The molecular weight excluding hydrogens is 499 g/mol. The van der Waals surface area contributed by atoms with Crippen LogP contribution in [0.4, 0.5) is 15.0 Å². The van der Waals surface area contributed by atoms with E-state index in [9.17, 15) is 10.1 Å². The van der Waals surface area contributed by atoms with E-state index in [4.69, 9.17) is 26.1 Å². The molecule has 2 aromatic rings. The molecular formula is C26H34ClFN6O3. The Kier molecular flexibility index (Phi) is 7.41. The third-order valence-corrected chi connectivity index (χ3v) is 7.08. The van der Waals surface area contributed by atoms with Gasteiger partial charge in [0.25, 0.3) is 0 Å². The summed E-state index contributed by atoms with van der Waals surface area (Å²) in [5, 5.41) is 10.1. The van der Waals surface area contributed by atoms with E-state index in [0.717, 1.165) is 12.2 Å². The minimum atomic E-state index is -0.683. The van der Waals surface area contributed by atoms with Crippen LogP contribution in [0.5, 0.6) is 5.88 Å². The number of nitriles is 1. The van der Waals surface area contributed by atoms with Crippen molar-refractivity contribution in [3.8, 4) is 11.9 Å². The van der Waals surface area contributed by atoms with Crippen molar-refractivity contribution in [1.82, 2.24) is 19.8 Å². The Labute approximate surface area is 222 Å². The van der Waals surface area contributed by atoms with Gasteiger partial charge in [-0.25, -0.2) is 14.2 Å². The maximum Gasteiger partial charge on any atom is 0.410 e. The number of hydrogen-bond donors (Lipinski definition) is 0. The maximum atomic E-state index is 15.5. The summed E-state index contributed by atoms with van der Waals surface area (Å²) in [5.74, 6) is 0.144. The van der Waals surface area contributed by atoms with E-state index in [2.05, 4.69) is 11.1 Å². The second kappa shape index (κ2) is 10.1. The summed E-state index contributed by atoms with van der Waals surface area (Å²) < 4.78 is 27.4. The number of hydrogen-bond acceptors (Lipinski definition) is 8. The molecule has 3 atom stereocenters. The fourth-order valence-corrected chi connectivity index (χ4v) is 5.16. The van der Waals surface area contributed by atoms with Gasteiger partial charge in [0.15, 0.2) is 11.0 Å². The molecule has 1 saturated heterocycles. The molecule has 0 aromatic carbocycles. The highest BCUT2D eigenvalue weighted by molar-refractivity contribution is 6.30. The molecule has 11 heteroatoms. The average molecular weight is 533 g/mol. The van der Waals surface area contributed by atoms with Crippen LogP contribution in [0.2, 0.25) is 5.15 Å². The number of anilines is 1. The summed E-state index contributed by atoms with van der Waals surface area (Å²) in [6.07, 6.45) is -0.204. The zero-order chi connectivity index (χ0) is 27.2. The van der Waals surface area contributed by atoms with Crippen LogP contribution < -0.4 is 9.64 Å².